The van der Waals surface area contributed by atoms with Crippen LogP contribution < -0.4 is 20.1 Å². The highest BCUT2D eigenvalue weighted by atomic mass is 19.1. The zero-order chi connectivity index (χ0) is 16.2. The van der Waals surface area contributed by atoms with E-state index in [0.29, 0.717) is 24.2 Å². The number of hydrogen-bond donors (Lipinski definition) is 2. The van der Waals surface area contributed by atoms with E-state index in [4.69, 9.17) is 9.47 Å². The van der Waals surface area contributed by atoms with Crippen LogP contribution in [0.15, 0.2) is 42.5 Å². The van der Waals surface area contributed by atoms with Gasteiger partial charge in [-0.25, -0.2) is 13.6 Å². The van der Waals surface area contributed by atoms with Gasteiger partial charge in [-0.05, 0) is 24.3 Å². The molecule has 1 atom stereocenters. The second-order valence-electron chi connectivity index (χ2n) is 4.96. The standard InChI is InChI=1S/C16H14F2N2O3/c17-10-5-6-13(12(18)7-10)20-16(21)19-8-11-9-22-14-3-1-2-4-15(14)23-11/h1-7,11H,8-9H2,(H2,19,20,21)/t11-/m0/s1. The lowest BCUT2D eigenvalue weighted by Gasteiger charge is -2.26. The number of ether oxygens (including phenoxy) is 2. The lowest BCUT2D eigenvalue weighted by Crippen LogP contribution is -2.42. The molecule has 0 aromatic heterocycles. The van der Waals surface area contributed by atoms with Crippen LogP contribution in [0.2, 0.25) is 0 Å². The summed E-state index contributed by atoms with van der Waals surface area (Å²) in [5, 5.41) is 4.87. The molecular weight excluding hydrogens is 306 g/mol. The van der Waals surface area contributed by atoms with Crippen molar-refractivity contribution in [3.05, 3.63) is 54.1 Å². The van der Waals surface area contributed by atoms with E-state index >= 15 is 0 Å². The van der Waals surface area contributed by atoms with Crippen LogP contribution in [0.4, 0.5) is 19.3 Å². The van der Waals surface area contributed by atoms with Gasteiger partial charge in [-0.15, -0.1) is 0 Å². The average Bonchev–Trinajstić information content (AvgIpc) is 2.55. The predicted molar refractivity (Wildman–Crippen MR) is 79.7 cm³/mol. The molecule has 0 aliphatic carbocycles. The fourth-order valence-corrected chi connectivity index (χ4v) is 2.13. The van der Waals surface area contributed by atoms with E-state index in [2.05, 4.69) is 10.6 Å². The Kier molecular flexibility index (Phi) is 4.27. The van der Waals surface area contributed by atoms with Gasteiger partial charge >= 0.3 is 6.03 Å². The molecule has 1 heterocycles. The van der Waals surface area contributed by atoms with Gasteiger partial charge in [0.05, 0.1) is 12.2 Å². The fraction of sp³-hybridized carbons (Fsp3) is 0.188. The third kappa shape index (κ3) is 3.68. The van der Waals surface area contributed by atoms with Crippen LogP contribution in [-0.4, -0.2) is 25.3 Å². The van der Waals surface area contributed by atoms with Gasteiger partial charge in [0.1, 0.15) is 18.2 Å². The first-order chi connectivity index (χ1) is 11.1. The normalized spacial score (nSPS) is 15.8. The van der Waals surface area contributed by atoms with Gasteiger partial charge in [0.25, 0.3) is 0 Å². The van der Waals surface area contributed by atoms with Gasteiger partial charge in [0.15, 0.2) is 17.6 Å². The van der Waals surface area contributed by atoms with E-state index in [0.717, 1.165) is 12.1 Å². The Morgan fingerprint density at radius 1 is 1.17 bits per heavy atom. The van der Waals surface area contributed by atoms with Crippen LogP contribution in [-0.2, 0) is 0 Å². The molecular formula is C16H14F2N2O3. The number of hydrogen-bond acceptors (Lipinski definition) is 3. The van der Waals surface area contributed by atoms with E-state index in [1.807, 2.05) is 12.1 Å². The van der Waals surface area contributed by atoms with Crippen LogP contribution in [0.3, 0.4) is 0 Å². The van der Waals surface area contributed by atoms with Gasteiger partial charge in [-0.3, -0.25) is 0 Å². The number of carbonyl (C=O) groups is 1. The topological polar surface area (TPSA) is 59.6 Å². The van der Waals surface area contributed by atoms with Crippen molar-refractivity contribution in [1.29, 1.82) is 0 Å². The van der Waals surface area contributed by atoms with Crippen molar-refractivity contribution in [2.45, 2.75) is 6.10 Å². The van der Waals surface area contributed by atoms with Gasteiger partial charge < -0.3 is 20.1 Å². The Labute approximate surface area is 131 Å². The lowest BCUT2D eigenvalue weighted by molar-refractivity contribution is 0.0922. The number of benzene rings is 2. The summed E-state index contributed by atoms with van der Waals surface area (Å²) in [6.45, 7) is 0.477. The summed E-state index contributed by atoms with van der Waals surface area (Å²) in [7, 11) is 0. The van der Waals surface area contributed by atoms with Crippen molar-refractivity contribution in [3.8, 4) is 11.5 Å². The van der Waals surface area contributed by atoms with Gasteiger partial charge in [0.2, 0.25) is 0 Å². The summed E-state index contributed by atoms with van der Waals surface area (Å²) in [4.78, 5) is 11.8. The minimum atomic E-state index is -0.841. The number of rotatable bonds is 3. The van der Waals surface area contributed by atoms with Crippen LogP contribution in [0.25, 0.3) is 0 Å². The molecule has 0 saturated heterocycles. The van der Waals surface area contributed by atoms with Gasteiger partial charge in [0, 0.05) is 6.07 Å². The second-order valence-corrected chi connectivity index (χ2v) is 4.96. The number of fused-ring (bicyclic) bond motifs is 1. The molecule has 2 aromatic carbocycles. The molecule has 0 radical (unpaired) electrons. The Balaban J connectivity index is 1.52. The molecule has 2 amide bonds. The first-order valence-corrected chi connectivity index (χ1v) is 7.00. The third-order valence-corrected chi connectivity index (χ3v) is 3.24. The molecule has 7 heteroatoms. The van der Waals surface area contributed by atoms with Crippen molar-refractivity contribution in [1.82, 2.24) is 5.32 Å². The van der Waals surface area contributed by atoms with Crippen molar-refractivity contribution >= 4 is 11.7 Å². The van der Waals surface area contributed by atoms with E-state index in [1.54, 1.807) is 12.1 Å². The first kappa shape index (κ1) is 15.1. The summed E-state index contributed by atoms with van der Waals surface area (Å²) in [6.07, 6.45) is -0.353. The highest BCUT2D eigenvalue weighted by Gasteiger charge is 2.21. The van der Waals surface area contributed by atoms with Gasteiger partial charge in [-0.1, -0.05) is 12.1 Å². The predicted octanol–water partition coefficient (Wildman–Crippen LogP) is 2.93. The van der Waals surface area contributed by atoms with Crippen molar-refractivity contribution in [3.63, 3.8) is 0 Å². The first-order valence-electron chi connectivity index (χ1n) is 7.00. The van der Waals surface area contributed by atoms with Crippen LogP contribution >= 0.6 is 0 Å². The average molecular weight is 320 g/mol. The lowest BCUT2D eigenvalue weighted by atomic mass is 10.2. The summed E-state index contributed by atoms with van der Waals surface area (Å²) < 4.78 is 37.4. The summed E-state index contributed by atoms with van der Waals surface area (Å²) in [5.74, 6) is -0.289. The van der Waals surface area contributed by atoms with Crippen molar-refractivity contribution < 1.29 is 23.0 Å². The highest BCUT2D eigenvalue weighted by molar-refractivity contribution is 5.89. The molecule has 0 spiro atoms. The number of nitrogens with one attached hydrogen (secondary N) is 2. The largest absolute Gasteiger partial charge is 0.486 e. The second kappa shape index (κ2) is 6.51. The Bertz CT molecular complexity index is 724. The van der Waals surface area contributed by atoms with Crippen LogP contribution in [0.5, 0.6) is 11.5 Å². The molecule has 0 bridgehead atoms. The maximum Gasteiger partial charge on any atom is 0.319 e. The Morgan fingerprint density at radius 3 is 2.74 bits per heavy atom. The fourth-order valence-electron chi connectivity index (χ4n) is 2.13. The SMILES string of the molecule is O=C(NC[C@H]1COc2ccccc2O1)Nc1ccc(F)cc1F. The maximum absolute atomic E-state index is 13.4. The molecule has 5 nitrogen and oxygen atoms in total. The van der Waals surface area contributed by atoms with Crippen LogP contribution in [0, 0.1) is 11.6 Å². The summed E-state index contributed by atoms with van der Waals surface area (Å²) in [5.41, 5.74) is -0.102. The monoisotopic (exact) mass is 320 g/mol. The van der Waals surface area contributed by atoms with Gasteiger partial charge in [-0.2, -0.15) is 0 Å². The summed E-state index contributed by atoms with van der Waals surface area (Å²) in [6, 6.07) is 9.53. The minimum Gasteiger partial charge on any atom is -0.486 e. The minimum absolute atomic E-state index is 0.102. The molecule has 2 N–H and O–H groups in total. The molecule has 23 heavy (non-hydrogen) atoms. The van der Waals surface area contributed by atoms with Crippen molar-refractivity contribution in [2.75, 3.05) is 18.5 Å². The molecule has 1 aliphatic rings. The Hall–Kier alpha value is -2.83. The van der Waals surface area contributed by atoms with E-state index in [-0.39, 0.29) is 18.3 Å². The zero-order valence-corrected chi connectivity index (χ0v) is 12.0. The molecule has 120 valence electrons. The van der Waals surface area contributed by atoms with Crippen molar-refractivity contribution in [2.24, 2.45) is 0 Å². The number of urea groups is 1. The van der Waals surface area contributed by atoms with Crippen LogP contribution in [0.1, 0.15) is 0 Å². The Morgan fingerprint density at radius 2 is 1.96 bits per heavy atom. The molecule has 0 saturated carbocycles. The maximum atomic E-state index is 13.4. The number of carbonyl (C=O) groups excluding carboxylic acids is 1. The molecule has 3 rings (SSSR count). The quantitative estimate of drug-likeness (QED) is 0.914. The third-order valence-electron chi connectivity index (χ3n) is 3.24. The van der Waals surface area contributed by atoms with E-state index in [1.165, 1.54) is 0 Å². The number of anilines is 1. The molecule has 0 unspecified atom stereocenters. The summed E-state index contributed by atoms with van der Waals surface area (Å²) >= 11 is 0. The number of amides is 2. The highest BCUT2D eigenvalue weighted by Crippen LogP contribution is 2.30. The smallest absolute Gasteiger partial charge is 0.319 e. The van der Waals surface area contributed by atoms with E-state index < -0.39 is 17.7 Å². The molecule has 2 aromatic rings. The number of para-hydroxylation sites is 2. The van der Waals surface area contributed by atoms with E-state index in [9.17, 15) is 13.6 Å². The number of halogens is 2. The molecule has 1 aliphatic heterocycles. The molecule has 0 fully saturated rings. The zero-order valence-electron chi connectivity index (χ0n) is 12.0.